The van der Waals surface area contributed by atoms with Gasteiger partial charge in [0.05, 0.1) is 9.95 Å². The molecule has 3 aromatic carbocycles. The summed E-state index contributed by atoms with van der Waals surface area (Å²) in [7, 11) is 0. The van der Waals surface area contributed by atoms with Crippen LogP contribution in [0.2, 0.25) is 5.02 Å². The number of halogens is 1. The maximum absolute atomic E-state index is 12.7. The molecule has 0 radical (unpaired) electrons. The third kappa shape index (κ3) is 4.57. The smallest absolute Gasteiger partial charge is 0.269 e. The van der Waals surface area contributed by atoms with Gasteiger partial charge in [0.25, 0.3) is 5.69 Å². The summed E-state index contributed by atoms with van der Waals surface area (Å²) in [4.78, 5) is 23.1. The Labute approximate surface area is 183 Å². The molecule has 156 valence electrons. The molecule has 0 bridgehead atoms. The molecular formula is C23H19ClN3O4+. The third-order valence-corrected chi connectivity index (χ3v) is 5.23. The molecule has 4 rings (SSSR count). The summed E-state index contributed by atoms with van der Waals surface area (Å²) in [6.45, 7) is 1.11. The number of aromatic nitrogens is 2. The number of nitro benzene ring substituents is 1. The minimum atomic E-state index is -0.485. The van der Waals surface area contributed by atoms with Crippen molar-refractivity contribution in [2.75, 3.05) is 6.61 Å². The van der Waals surface area contributed by atoms with Crippen molar-refractivity contribution < 1.29 is 19.0 Å². The van der Waals surface area contributed by atoms with Gasteiger partial charge in [0, 0.05) is 17.7 Å². The van der Waals surface area contributed by atoms with E-state index in [0.717, 1.165) is 11.0 Å². The monoisotopic (exact) mass is 436 g/mol. The highest BCUT2D eigenvalue weighted by atomic mass is 35.5. The molecule has 7 nitrogen and oxygen atoms in total. The Morgan fingerprint density at radius 2 is 1.74 bits per heavy atom. The SMILES string of the molecule is O=C(C[n+]1cn(CCOc2ccccc2Cl)c2ccccc21)c1ccc([N+](=O)[O-])cc1. The highest BCUT2D eigenvalue weighted by Gasteiger charge is 2.19. The Morgan fingerprint density at radius 1 is 1.03 bits per heavy atom. The molecule has 1 aromatic heterocycles. The van der Waals surface area contributed by atoms with Crippen molar-refractivity contribution in [1.29, 1.82) is 0 Å². The summed E-state index contributed by atoms with van der Waals surface area (Å²) in [5.41, 5.74) is 2.27. The van der Waals surface area contributed by atoms with Gasteiger partial charge in [-0.3, -0.25) is 14.9 Å². The van der Waals surface area contributed by atoms with E-state index in [0.29, 0.717) is 29.5 Å². The van der Waals surface area contributed by atoms with Gasteiger partial charge in [-0.25, -0.2) is 9.13 Å². The van der Waals surface area contributed by atoms with E-state index in [4.69, 9.17) is 16.3 Å². The molecule has 0 amide bonds. The molecule has 4 aromatic rings. The van der Waals surface area contributed by atoms with Crippen molar-refractivity contribution >= 4 is 34.1 Å². The number of rotatable bonds is 8. The molecule has 0 unspecified atom stereocenters. The van der Waals surface area contributed by atoms with E-state index in [2.05, 4.69) is 0 Å². The van der Waals surface area contributed by atoms with Gasteiger partial charge in [0.15, 0.2) is 17.6 Å². The van der Waals surface area contributed by atoms with Gasteiger partial charge in [-0.15, -0.1) is 0 Å². The Balaban J connectivity index is 1.51. The number of non-ortho nitro benzene ring substituents is 1. The van der Waals surface area contributed by atoms with Crippen LogP contribution in [-0.4, -0.2) is 21.9 Å². The molecule has 0 fully saturated rings. The lowest BCUT2D eigenvalue weighted by atomic mass is 10.1. The molecule has 0 N–H and O–H groups in total. The number of ketones is 1. The average Bonchev–Trinajstić information content (AvgIpc) is 3.12. The first-order valence-electron chi connectivity index (χ1n) is 9.65. The Hall–Kier alpha value is -3.71. The topological polar surface area (TPSA) is 78.2 Å². The maximum atomic E-state index is 12.7. The van der Waals surface area contributed by atoms with E-state index in [1.165, 1.54) is 24.3 Å². The van der Waals surface area contributed by atoms with E-state index in [1.807, 2.05) is 57.9 Å². The third-order valence-electron chi connectivity index (χ3n) is 4.92. The van der Waals surface area contributed by atoms with Crippen molar-refractivity contribution in [1.82, 2.24) is 4.57 Å². The van der Waals surface area contributed by atoms with Gasteiger partial charge in [-0.1, -0.05) is 35.9 Å². The molecule has 0 saturated heterocycles. The quantitative estimate of drug-likeness (QED) is 0.177. The van der Waals surface area contributed by atoms with Crippen LogP contribution >= 0.6 is 11.6 Å². The molecular weight excluding hydrogens is 418 g/mol. The van der Waals surface area contributed by atoms with Crippen LogP contribution in [-0.2, 0) is 13.1 Å². The van der Waals surface area contributed by atoms with Crippen LogP contribution in [0.25, 0.3) is 11.0 Å². The van der Waals surface area contributed by atoms with E-state index in [-0.39, 0.29) is 18.0 Å². The number of carbonyl (C=O) groups excluding carboxylic acids is 1. The van der Waals surface area contributed by atoms with Crippen LogP contribution in [0, 0.1) is 10.1 Å². The summed E-state index contributed by atoms with van der Waals surface area (Å²) in [6.07, 6.45) is 1.88. The first-order valence-corrected chi connectivity index (χ1v) is 10.0. The molecule has 8 heteroatoms. The lowest BCUT2D eigenvalue weighted by Gasteiger charge is -2.06. The Bertz CT molecular complexity index is 1250. The molecule has 1 heterocycles. The number of nitrogens with zero attached hydrogens (tertiary/aromatic N) is 3. The molecule has 0 aliphatic rings. The first-order chi connectivity index (χ1) is 15.0. The lowest BCUT2D eigenvalue weighted by Crippen LogP contribution is -2.37. The molecule has 0 saturated carbocycles. The van der Waals surface area contributed by atoms with Gasteiger partial charge in [0.1, 0.15) is 18.9 Å². The number of Topliss-reactive ketones (excluding diaryl/α,β-unsaturated/α-hetero) is 1. The van der Waals surface area contributed by atoms with Crippen LogP contribution in [0.3, 0.4) is 0 Å². The number of ether oxygens (including phenoxy) is 1. The van der Waals surface area contributed by atoms with Crippen molar-refractivity contribution in [3.63, 3.8) is 0 Å². The Morgan fingerprint density at radius 3 is 2.48 bits per heavy atom. The van der Waals surface area contributed by atoms with Gasteiger partial charge in [0.2, 0.25) is 12.1 Å². The average molecular weight is 437 g/mol. The summed E-state index contributed by atoms with van der Waals surface area (Å²) >= 11 is 6.14. The summed E-state index contributed by atoms with van der Waals surface area (Å²) in [5, 5.41) is 11.4. The maximum Gasteiger partial charge on any atom is 0.269 e. The van der Waals surface area contributed by atoms with Crippen LogP contribution < -0.4 is 9.30 Å². The summed E-state index contributed by atoms with van der Waals surface area (Å²) in [5.74, 6) is 0.497. The molecule has 0 aliphatic carbocycles. The molecule has 0 spiro atoms. The second-order valence-electron chi connectivity index (χ2n) is 6.93. The number of benzene rings is 3. The van der Waals surface area contributed by atoms with Gasteiger partial charge < -0.3 is 4.74 Å². The van der Waals surface area contributed by atoms with Crippen molar-refractivity contribution in [2.24, 2.45) is 0 Å². The highest BCUT2D eigenvalue weighted by molar-refractivity contribution is 6.32. The van der Waals surface area contributed by atoms with Crippen molar-refractivity contribution in [2.45, 2.75) is 13.1 Å². The van der Waals surface area contributed by atoms with Gasteiger partial charge in [-0.2, -0.15) is 0 Å². The van der Waals surface area contributed by atoms with Crippen LogP contribution in [0.1, 0.15) is 10.4 Å². The predicted octanol–water partition coefficient (Wildman–Crippen LogP) is 4.45. The number of nitro groups is 1. The van der Waals surface area contributed by atoms with Crippen LogP contribution in [0.5, 0.6) is 5.75 Å². The van der Waals surface area contributed by atoms with Crippen LogP contribution in [0.15, 0.2) is 79.1 Å². The standard InChI is InChI=1S/C23H19ClN3O4/c24-19-5-1-4-8-23(19)31-14-13-25-16-26(21-7-3-2-6-20(21)25)15-22(28)17-9-11-18(12-10-17)27(29)30/h1-12,16H,13-15H2/q+1. The van der Waals surface area contributed by atoms with E-state index in [1.54, 1.807) is 6.07 Å². The Kier molecular flexibility index (Phi) is 5.95. The van der Waals surface area contributed by atoms with Crippen molar-refractivity contribution in [3.8, 4) is 5.75 Å². The number of carbonyl (C=O) groups is 1. The largest absolute Gasteiger partial charge is 0.488 e. The number of imidazole rings is 1. The second-order valence-corrected chi connectivity index (χ2v) is 7.34. The zero-order valence-corrected chi connectivity index (χ0v) is 17.2. The van der Waals surface area contributed by atoms with E-state index >= 15 is 0 Å². The summed E-state index contributed by atoms with van der Waals surface area (Å²) < 4.78 is 9.69. The van der Waals surface area contributed by atoms with Gasteiger partial charge in [-0.05, 0) is 36.4 Å². The normalized spacial score (nSPS) is 10.9. The minimum absolute atomic E-state index is 0.0423. The molecule has 0 aliphatic heterocycles. The molecule has 31 heavy (non-hydrogen) atoms. The highest BCUT2D eigenvalue weighted by Crippen LogP contribution is 2.23. The minimum Gasteiger partial charge on any atom is -0.488 e. The first kappa shape index (κ1) is 20.6. The van der Waals surface area contributed by atoms with E-state index in [9.17, 15) is 14.9 Å². The zero-order valence-electron chi connectivity index (χ0n) is 16.5. The van der Waals surface area contributed by atoms with E-state index < -0.39 is 4.92 Å². The number of para-hydroxylation sites is 3. The number of hydrogen-bond acceptors (Lipinski definition) is 4. The second kappa shape index (κ2) is 8.97. The number of fused-ring (bicyclic) bond motifs is 1. The zero-order chi connectivity index (χ0) is 21.8. The van der Waals surface area contributed by atoms with Gasteiger partial charge >= 0.3 is 0 Å². The van der Waals surface area contributed by atoms with Crippen molar-refractivity contribution in [3.05, 3.63) is 99.8 Å². The fourth-order valence-electron chi connectivity index (χ4n) is 3.38. The fraction of sp³-hybridized carbons (Fsp3) is 0.130. The fourth-order valence-corrected chi connectivity index (χ4v) is 3.57. The molecule has 0 atom stereocenters. The summed E-state index contributed by atoms with van der Waals surface area (Å²) in [6, 6.07) is 20.7. The lowest BCUT2D eigenvalue weighted by molar-refractivity contribution is -0.658. The predicted molar refractivity (Wildman–Crippen MR) is 117 cm³/mol. The van der Waals surface area contributed by atoms with Crippen LogP contribution in [0.4, 0.5) is 5.69 Å². The number of hydrogen-bond donors (Lipinski definition) is 0.